The summed E-state index contributed by atoms with van der Waals surface area (Å²) in [6.45, 7) is 8.91. The largest absolute Gasteiger partial charge is 0.444 e. The van der Waals surface area contributed by atoms with Gasteiger partial charge in [0.25, 0.3) is 0 Å². The van der Waals surface area contributed by atoms with E-state index in [1.165, 1.54) is 17.9 Å². The Morgan fingerprint density at radius 3 is 2.50 bits per heavy atom. The first-order valence-corrected chi connectivity index (χ1v) is 12.7. The standard InChI is InChI=1S/C27H32FN5O5/c1-15(34)29-11-18-12-33(26(36)37-18)17-6-7-19(22(28)9-17)16-5-8-23(30-10-16)32-13-20-21(14-32)24(20)31-25(35)38-27(2,3)4/h5-10,18,20-21,24H,11-14H2,1-4H3,(H,29,34)(H,31,35)/t18-,20?,21?,24?/m0/s1. The first-order chi connectivity index (χ1) is 18.0. The van der Waals surface area contributed by atoms with Gasteiger partial charge in [0.2, 0.25) is 5.91 Å². The molecule has 202 valence electrons. The molecule has 1 saturated carbocycles. The number of rotatable bonds is 6. The Bertz CT molecular complexity index is 1240. The number of alkyl carbamates (subject to hydrolysis) is 1. The van der Waals surface area contributed by atoms with E-state index < -0.39 is 23.6 Å². The number of nitrogens with one attached hydrogen (secondary N) is 2. The molecule has 2 unspecified atom stereocenters. The van der Waals surface area contributed by atoms with Gasteiger partial charge >= 0.3 is 12.2 Å². The Hall–Kier alpha value is -3.89. The quantitative estimate of drug-likeness (QED) is 0.595. The van der Waals surface area contributed by atoms with Crippen molar-refractivity contribution >= 4 is 29.6 Å². The van der Waals surface area contributed by atoms with Crippen LogP contribution in [0.1, 0.15) is 27.7 Å². The van der Waals surface area contributed by atoms with E-state index >= 15 is 4.39 Å². The van der Waals surface area contributed by atoms with Gasteiger partial charge in [-0.25, -0.2) is 19.0 Å². The highest BCUT2D eigenvalue weighted by molar-refractivity contribution is 5.90. The first kappa shape index (κ1) is 25.7. The SMILES string of the molecule is CC(=O)NC[C@H]1CN(c2ccc(-c3ccc(N4CC5C(C4)C5NC(=O)OC(C)(C)C)nc3)c(F)c2)C(=O)O1. The molecule has 3 fully saturated rings. The second-order valence-corrected chi connectivity index (χ2v) is 11.0. The summed E-state index contributed by atoms with van der Waals surface area (Å²) < 4.78 is 25.7. The molecule has 0 spiro atoms. The topological polar surface area (TPSA) is 113 Å². The summed E-state index contributed by atoms with van der Waals surface area (Å²) in [4.78, 5) is 43.5. The van der Waals surface area contributed by atoms with Crippen LogP contribution in [-0.2, 0) is 14.3 Å². The summed E-state index contributed by atoms with van der Waals surface area (Å²) in [6, 6.07) is 8.41. The number of amides is 3. The lowest BCUT2D eigenvalue weighted by atomic mass is 10.1. The van der Waals surface area contributed by atoms with Crippen LogP contribution in [0, 0.1) is 17.7 Å². The lowest BCUT2D eigenvalue weighted by Gasteiger charge is -2.23. The highest BCUT2D eigenvalue weighted by Gasteiger charge is 2.57. The van der Waals surface area contributed by atoms with Gasteiger partial charge < -0.3 is 25.0 Å². The third-order valence-corrected chi connectivity index (χ3v) is 6.98. The molecule has 2 saturated heterocycles. The zero-order chi connectivity index (χ0) is 27.2. The highest BCUT2D eigenvalue weighted by atomic mass is 19.1. The number of benzene rings is 1. The maximum atomic E-state index is 15.1. The summed E-state index contributed by atoms with van der Waals surface area (Å²) in [6.07, 6.45) is 0.184. The molecule has 3 amide bonds. The maximum Gasteiger partial charge on any atom is 0.414 e. The number of fused-ring (bicyclic) bond motifs is 1. The average Bonchev–Trinajstić information content (AvgIpc) is 3.17. The van der Waals surface area contributed by atoms with E-state index in [0.29, 0.717) is 28.7 Å². The molecule has 0 bridgehead atoms. The van der Waals surface area contributed by atoms with Gasteiger partial charge in [-0.1, -0.05) is 0 Å². The van der Waals surface area contributed by atoms with Crippen LogP contribution in [0.5, 0.6) is 0 Å². The molecule has 3 aliphatic rings. The third-order valence-electron chi connectivity index (χ3n) is 6.98. The Labute approximate surface area is 220 Å². The van der Waals surface area contributed by atoms with Crippen molar-refractivity contribution in [1.82, 2.24) is 15.6 Å². The van der Waals surface area contributed by atoms with Gasteiger partial charge in [-0.05, 0) is 51.1 Å². The predicted octanol–water partition coefficient (Wildman–Crippen LogP) is 3.31. The van der Waals surface area contributed by atoms with Crippen molar-refractivity contribution in [3.63, 3.8) is 0 Å². The number of halogens is 1. The van der Waals surface area contributed by atoms with Crippen LogP contribution in [0.3, 0.4) is 0 Å². The van der Waals surface area contributed by atoms with E-state index in [2.05, 4.69) is 20.5 Å². The zero-order valence-electron chi connectivity index (χ0n) is 21.9. The summed E-state index contributed by atoms with van der Waals surface area (Å²) in [7, 11) is 0. The molecule has 2 aliphatic heterocycles. The van der Waals surface area contributed by atoms with Gasteiger partial charge in [-0.2, -0.15) is 0 Å². The van der Waals surface area contributed by atoms with Crippen molar-refractivity contribution in [3.05, 3.63) is 42.3 Å². The number of carbonyl (C=O) groups is 3. The number of hydrogen-bond acceptors (Lipinski definition) is 7. The van der Waals surface area contributed by atoms with Crippen molar-refractivity contribution in [3.8, 4) is 11.1 Å². The number of ether oxygens (including phenoxy) is 2. The van der Waals surface area contributed by atoms with E-state index in [9.17, 15) is 14.4 Å². The number of nitrogens with zero attached hydrogens (tertiary/aromatic N) is 3. The van der Waals surface area contributed by atoms with E-state index in [1.54, 1.807) is 18.3 Å². The minimum atomic E-state index is -0.578. The lowest BCUT2D eigenvalue weighted by Crippen LogP contribution is -2.38. The molecule has 2 aromatic rings. The van der Waals surface area contributed by atoms with Crippen molar-refractivity contribution in [2.75, 3.05) is 36.0 Å². The predicted molar refractivity (Wildman–Crippen MR) is 138 cm³/mol. The maximum absolute atomic E-state index is 15.1. The van der Waals surface area contributed by atoms with Crippen molar-refractivity contribution in [1.29, 1.82) is 0 Å². The average molecular weight is 526 g/mol. The fourth-order valence-electron chi connectivity index (χ4n) is 5.11. The van der Waals surface area contributed by atoms with E-state index in [-0.39, 0.29) is 31.1 Å². The minimum absolute atomic E-state index is 0.126. The molecule has 38 heavy (non-hydrogen) atoms. The van der Waals surface area contributed by atoms with Gasteiger partial charge in [0.05, 0.1) is 18.8 Å². The van der Waals surface area contributed by atoms with Crippen LogP contribution < -0.4 is 20.4 Å². The molecule has 1 aromatic carbocycles. The number of hydrogen-bond donors (Lipinski definition) is 2. The Balaban J connectivity index is 1.17. The van der Waals surface area contributed by atoms with Crippen LogP contribution in [0.2, 0.25) is 0 Å². The number of pyridine rings is 1. The number of aromatic nitrogens is 1. The smallest absolute Gasteiger partial charge is 0.414 e. The molecule has 10 nitrogen and oxygen atoms in total. The van der Waals surface area contributed by atoms with Crippen molar-refractivity contribution < 1.29 is 28.2 Å². The summed E-state index contributed by atoms with van der Waals surface area (Å²) in [5.41, 5.74) is 0.862. The Kier molecular flexibility index (Phi) is 6.62. The molecule has 3 heterocycles. The van der Waals surface area contributed by atoms with Gasteiger partial charge in [-0.15, -0.1) is 0 Å². The summed E-state index contributed by atoms with van der Waals surface area (Å²) in [5, 5.41) is 5.58. The molecule has 3 atom stereocenters. The number of carbonyl (C=O) groups excluding carboxylic acids is 3. The molecule has 11 heteroatoms. The number of cyclic esters (lactones) is 1. The monoisotopic (exact) mass is 525 g/mol. The minimum Gasteiger partial charge on any atom is -0.444 e. The first-order valence-electron chi connectivity index (χ1n) is 12.7. The molecule has 2 N–H and O–H groups in total. The summed E-state index contributed by atoms with van der Waals surface area (Å²) >= 11 is 0. The lowest BCUT2D eigenvalue weighted by molar-refractivity contribution is -0.119. The molecule has 1 aliphatic carbocycles. The van der Waals surface area contributed by atoms with Gasteiger partial charge in [0, 0.05) is 55.2 Å². The Morgan fingerprint density at radius 1 is 1.16 bits per heavy atom. The highest BCUT2D eigenvalue weighted by Crippen LogP contribution is 2.46. The fourth-order valence-corrected chi connectivity index (χ4v) is 5.11. The summed E-state index contributed by atoms with van der Waals surface area (Å²) in [5.74, 6) is 0.844. The van der Waals surface area contributed by atoms with Crippen LogP contribution >= 0.6 is 0 Å². The van der Waals surface area contributed by atoms with Crippen LogP contribution in [0.4, 0.5) is 25.5 Å². The van der Waals surface area contributed by atoms with Crippen LogP contribution in [-0.4, -0.2) is 67.0 Å². The van der Waals surface area contributed by atoms with Gasteiger partial charge in [-0.3, -0.25) is 9.69 Å². The van der Waals surface area contributed by atoms with Crippen molar-refractivity contribution in [2.45, 2.75) is 45.4 Å². The normalized spacial score (nSPS) is 24.1. The van der Waals surface area contributed by atoms with Crippen molar-refractivity contribution in [2.24, 2.45) is 11.8 Å². The second kappa shape index (κ2) is 9.77. The Morgan fingerprint density at radius 2 is 1.89 bits per heavy atom. The molecule has 5 rings (SSSR count). The zero-order valence-corrected chi connectivity index (χ0v) is 21.9. The van der Waals surface area contributed by atoms with Crippen LogP contribution in [0.15, 0.2) is 36.5 Å². The molecule has 0 radical (unpaired) electrons. The van der Waals surface area contributed by atoms with E-state index in [4.69, 9.17) is 9.47 Å². The second-order valence-electron chi connectivity index (χ2n) is 11.0. The van der Waals surface area contributed by atoms with Gasteiger partial charge in [0.1, 0.15) is 23.3 Å². The van der Waals surface area contributed by atoms with E-state index in [1.807, 2.05) is 32.9 Å². The van der Waals surface area contributed by atoms with Gasteiger partial charge in [0.15, 0.2) is 0 Å². The number of anilines is 2. The fraction of sp³-hybridized carbons (Fsp3) is 0.481. The van der Waals surface area contributed by atoms with E-state index in [0.717, 1.165) is 18.9 Å². The van der Waals surface area contributed by atoms with Crippen LogP contribution in [0.25, 0.3) is 11.1 Å². The molecular formula is C27H32FN5O5. The molecular weight excluding hydrogens is 493 g/mol. The third kappa shape index (κ3) is 5.51. The number of piperidine rings is 1. The molecule has 1 aromatic heterocycles.